The molecule has 4 atom stereocenters. The Balaban J connectivity index is 1.92. The first-order valence-electron chi connectivity index (χ1n) is 9.21. The molecule has 0 N–H and O–H groups in total. The van der Waals surface area contributed by atoms with Crippen LogP contribution in [-0.2, 0) is 27.1 Å². The summed E-state index contributed by atoms with van der Waals surface area (Å²) < 4.78 is 11.8. The number of rotatable bonds is 4. The first-order chi connectivity index (χ1) is 11.6. The van der Waals surface area contributed by atoms with E-state index in [0.717, 1.165) is 42.6 Å². The lowest BCUT2D eigenvalue weighted by Crippen LogP contribution is -2.29. The molecular weight excluding hydrogens is 300 g/mol. The molecule has 0 aromatic heterocycles. The van der Waals surface area contributed by atoms with Gasteiger partial charge in [-0.15, -0.1) is 0 Å². The Morgan fingerprint density at radius 3 is 2.21 bits per heavy atom. The zero-order valence-electron chi connectivity index (χ0n) is 15.0. The fourth-order valence-corrected chi connectivity index (χ4v) is 5.10. The number of carbonyl (C=O) groups excluding carboxylic acids is 1. The minimum absolute atomic E-state index is 0.0237. The molecule has 24 heavy (non-hydrogen) atoms. The molecule has 1 unspecified atom stereocenters. The average Bonchev–Trinajstić information content (AvgIpc) is 3.26. The lowest BCUT2D eigenvalue weighted by atomic mass is 9.80. The van der Waals surface area contributed by atoms with Gasteiger partial charge in [-0.2, -0.15) is 0 Å². The average molecular weight is 326 g/mol. The minimum atomic E-state index is -0.0237. The van der Waals surface area contributed by atoms with Gasteiger partial charge in [0.15, 0.2) is 5.78 Å². The van der Waals surface area contributed by atoms with E-state index in [0.29, 0.717) is 0 Å². The van der Waals surface area contributed by atoms with E-state index in [1.54, 1.807) is 7.11 Å². The minimum Gasteiger partial charge on any atom is -0.500 e. The fraction of sp³-hybridized carbons (Fsp3) is 0.571. The van der Waals surface area contributed by atoms with Crippen molar-refractivity contribution >= 4 is 11.4 Å². The number of fused-ring (bicyclic) bond motifs is 5. The number of ether oxygens (including phenoxy) is 2. The van der Waals surface area contributed by atoms with E-state index >= 15 is 0 Å². The second-order valence-corrected chi connectivity index (χ2v) is 7.31. The maximum Gasteiger partial charge on any atom is 0.173 e. The molecule has 0 amide bonds. The highest BCUT2D eigenvalue weighted by molar-refractivity contribution is 6.26. The Hall–Kier alpha value is -1.61. The highest BCUT2D eigenvalue weighted by Gasteiger charge is 2.59. The molecule has 2 bridgehead atoms. The molecule has 2 saturated heterocycles. The van der Waals surface area contributed by atoms with Crippen LogP contribution in [0.3, 0.4) is 0 Å². The smallest absolute Gasteiger partial charge is 0.173 e. The van der Waals surface area contributed by atoms with Crippen molar-refractivity contribution in [1.82, 2.24) is 0 Å². The van der Waals surface area contributed by atoms with E-state index in [2.05, 4.69) is 32.9 Å². The van der Waals surface area contributed by atoms with Crippen LogP contribution in [0.1, 0.15) is 48.9 Å². The van der Waals surface area contributed by atoms with E-state index in [9.17, 15) is 4.79 Å². The van der Waals surface area contributed by atoms with Gasteiger partial charge in [0.05, 0.1) is 36.7 Å². The summed E-state index contributed by atoms with van der Waals surface area (Å²) in [5, 5.41) is 0. The number of ketones is 1. The number of aryl methyl sites for hydroxylation is 3. The van der Waals surface area contributed by atoms with Gasteiger partial charge in [0.25, 0.3) is 0 Å². The summed E-state index contributed by atoms with van der Waals surface area (Å²) in [4.78, 5) is 13.3. The lowest BCUT2D eigenvalue weighted by Gasteiger charge is -2.21. The normalized spacial score (nSPS) is 31.1. The molecule has 0 radical (unpaired) electrons. The van der Waals surface area contributed by atoms with Gasteiger partial charge in [-0.3, -0.25) is 4.79 Å². The van der Waals surface area contributed by atoms with Crippen molar-refractivity contribution < 1.29 is 14.3 Å². The van der Waals surface area contributed by atoms with Crippen LogP contribution in [0.5, 0.6) is 0 Å². The Morgan fingerprint density at radius 1 is 1.08 bits per heavy atom. The molecule has 4 rings (SSSR count). The van der Waals surface area contributed by atoms with Crippen molar-refractivity contribution in [2.24, 2.45) is 11.8 Å². The van der Waals surface area contributed by atoms with Crippen LogP contribution in [0, 0.1) is 18.8 Å². The number of hydrogen-bond acceptors (Lipinski definition) is 3. The summed E-state index contributed by atoms with van der Waals surface area (Å²) in [6.45, 7) is 6.46. The molecule has 3 heteroatoms. The van der Waals surface area contributed by atoms with Crippen LogP contribution < -0.4 is 0 Å². The summed E-state index contributed by atoms with van der Waals surface area (Å²) in [5.41, 5.74) is 5.78. The van der Waals surface area contributed by atoms with Crippen molar-refractivity contribution in [1.29, 1.82) is 0 Å². The number of Topliss-reactive ketones (excluding diaryl/α,β-unsaturated/α-hetero) is 1. The monoisotopic (exact) mass is 326 g/mol. The van der Waals surface area contributed by atoms with Crippen LogP contribution in [-0.4, -0.2) is 25.1 Å². The van der Waals surface area contributed by atoms with E-state index < -0.39 is 0 Å². The highest BCUT2D eigenvalue weighted by Crippen LogP contribution is 2.55. The molecule has 0 spiro atoms. The van der Waals surface area contributed by atoms with Crippen molar-refractivity contribution in [3.63, 3.8) is 0 Å². The number of hydrogen-bond donors (Lipinski definition) is 0. The molecule has 128 valence electrons. The van der Waals surface area contributed by atoms with Gasteiger partial charge in [-0.05, 0) is 49.3 Å². The standard InChI is InChI=1S/C21H26O3/c1-5-12-9-11(3)10-13(6-2)16(12)19-20(22)17-14-7-8-15(24-14)18(17)21(19)23-4/h9-10,14-15,17-18H,5-8H2,1-4H3/t14-,15+,17+,18?/m0/s1. The number of carbonyl (C=O) groups is 1. The molecule has 1 aromatic carbocycles. The predicted octanol–water partition coefficient (Wildman–Crippen LogP) is 3.85. The molecular formula is C21H26O3. The second-order valence-electron chi connectivity index (χ2n) is 7.31. The molecule has 2 heterocycles. The van der Waals surface area contributed by atoms with Gasteiger partial charge in [-0.25, -0.2) is 0 Å². The predicted molar refractivity (Wildman–Crippen MR) is 93.7 cm³/mol. The number of methoxy groups -OCH3 is 1. The van der Waals surface area contributed by atoms with E-state index in [4.69, 9.17) is 9.47 Å². The third kappa shape index (κ3) is 2.03. The Bertz CT molecular complexity index is 706. The van der Waals surface area contributed by atoms with E-state index in [1.807, 2.05) is 0 Å². The first-order valence-corrected chi connectivity index (χ1v) is 9.21. The van der Waals surface area contributed by atoms with Crippen LogP contribution in [0.2, 0.25) is 0 Å². The summed E-state index contributed by atoms with van der Waals surface area (Å²) in [6, 6.07) is 4.45. The first kappa shape index (κ1) is 15.9. The summed E-state index contributed by atoms with van der Waals surface area (Å²) in [6.07, 6.45) is 4.17. The summed E-state index contributed by atoms with van der Waals surface area (Å²) >= 11 is 0. The van der Waals surface area contributed by atoms with Gasteiger partial charge in [-0.1, -0.05) is 31.5 Å². The molecule has 1 aliphatic carbocycles. The molecule has 0 saturated carbocycles. The SMILES string of the molecule is CCc1cc(C)cc(CC)c1C1=C(OC)C2[C@H]3CC[C@H](O3)[C@H]2C1=O. The van der Waals surface area contributed by atoms with Crippen molar-refractivity contribution in [3.8, 4) is 0 Å². The third-order valence-electron chi connectivity index (χ3n) is 6.05. The van der Waals surface area contributed by atoms with Gasteiger partial charge in [0.2, 0.25) is 0 Å². The number of benzene rings is 1. The molecule has 1 aromatic rings. The van der Waals surface area contributed by atoms with Crippen LogP contribution in [0.15, 0.2) is 17.9 Å². The maximum atomic E-state index is 13.3. The summed E-state index contributed by atoms with van der Waals surface area (Å²) in [7, 11) is 1.71. The Morgan fingerprint density at radius 2 is 1.67 bits per heavy atom. The van der Waals surface area contributed by atoms with Crippen LogP contribution >= 0.6 is 0 Å². The van der Waals surface area contributed by atoms with Crippen molar-refractivity contribution in [2.45, 2.75) is 58.7 Å². The van der Waals surface area contributed by atoms with Crippen molar-refractivity contribution in [3.05, 3.63) is 40.1 Å². The van der Waals surface area contributed by atoms with Gasteiger partial charge in [0.1, 0.15) is 5.76 Å². The van der Waals surface area contributed by atoms with Crippen LogP contribution in [0.25, 0.3) is 5.57 Å². The maximum absolute atomic E-state index is 13.3. The van der Waals surface area contributed by atoms with Gasteiger partial charge >= 0.3 is 0 Å². The third-order valence-corrected chi connectivity index (χ3v) is 6.05. The highest BCUT2D eigenvalue weighted by atomic mass is 16.5. The van der Waals surface area contributed by atoms with Crippen molar-refractivity contribution in [2.75, 3.05) is 7.11 Å². The lowest BCUT2D eigenvalue weighted by molar-refractivity contribution is -0.118. The Kier molecular flexibility index (Phi) is 3.80. The largest absolute Gasteiger partial charge is 0.500 e. The summed E-state index contributed by atoms with van der Waals surface area (Å²) in [5.74, 6) is 1.24. The quantitative estimate of drug-likeness (QED) is 0.843. The Labute approximate surface area is 144 Å². The zero-order valence-corrected chi connectivity index (χ0v) is 15.0. The van der Waals surface area contributed by atoms with Gasteiger partial charge in [0, 0.05) is 0 Å². The molecule has 2 aliphatic heterocycles. The second kappa shape index (κ2) is 5.73. The molecule has 3 nitrogen and oxygen atoms in total. The topological polar surface area (TPSA) is 35.5 Å². The van der Waals surface area contributed by atoms with Gasteiger partial charge < -0.3 is 9.47 Å². The van der Waals surface area contributed by atoms with E-state index in [-0.39, 0.29) is 29.8 Å². The fourth-order valence-electron chi connectivity index (χ4n) is 5.10. The van der Waals surface area contributed by atoms with E-state index in [1.165, 1.54) is 16.7 Å². The van der Waals surface area contributed by atoms with Crippen LogP contribution in [0.4, 0.5) is 0 Å². The molecule has 2 fully saturated rings. The zero-order chi connectivity index (χ0) is 17.0. The number of allylic oxidation sites excluding steroid dienone is 1. The molecule has 3 aliphatic rings.